The van der Waals surface area contributed by atoms with E-state index in [1.807, 2.05) is 44.2 Å². The summed E-state index contributed by atoms with van der Waals surface area (Å²) < 4.78 is 0. The van der Waals surface area contributed by atoms with Gasteiger partial charge in [0.25, 0.3) is 11.8 Å². The van der Waals surface area contributed by atoms with Gasteiger partial charge in [-0.1, -0.05) is 18.2 Å². The van der Waals surface area contributed by atoms with Crippen LogP contribution in [0.5, 0.6) is 0 Å². The summed E-state index contributed by atoms with van der Waals surface area (Å²) in [6, 6.07) is 14.6. The van der Waals surface area contributed by atoms with Crippen LogP contribution in [0, 0.1) is 0 Å². The van der Waals surface area contributed by atoms with Crippen molar-refractivity contribution in [3.63, 3.8) is 0 Å². The number of aromatic nitrogens is 1. The van der Waals surface area contributed by atoms with Crippen molar-refractivity contribution >= 4 is 39.9 Å². The third-order valence-corrected chi connectivity index (χ3v) is 4.60. The van der Waals surface area contributed by atoms with Gasteiger partial charge in [-0.25, -0.2) is 0 Å². The second-order valence-electron chi connectivity index (χ2n) is 7.61. The monoisotopic (exact) mass is 418 g/mol. The van der Waals surface area contributed by atoms with Gasteiger partial charge in [-0.3, -0.25) is 19.4 Å². The molecule has 0 aliphatic heterocycles. The van der Waals surface area contributed by atoms with E-state index in [2.05, 4.69) is 20.9 Å². The van der Waals surface area contributed by atoms with E-state index in [0.717, 1.165) is 5.69 Å². The zero-order valence-corrected chi connectivity index (χ0v) is 17.9. The number of pyridine rings is 1. The van der Waals surface area contributed by atoms with Crippen molar-refractivity contribution in [3.05, 3.63) is 65.9 Å². The normalized spacial score (nSPS) is 10.7. The number of nitrogens with zero attached hydrogens (tertiary/aromatic N) is 1. The molecule has 0 fully saturated rings. The van der Waals surface area contributed by atoms with Crippen molar-refractivity contribution in [2.75, 3.05) is 11.9 Å². The van der Waals surface area contributed by atoms with Crippen LogP contribution in [0.2, 0.25) is 0 Å². The molecule has 0 saturated heterocycles. The maximum Gasteiger partial charge on any atom is 0.255 e. The molecule has 7 nitrogen and oxygen atoms in total. The summed E-state index contributed by atoms with van der Waals surface area (Å²) in [7, 11) is 0. The Kier molecular flexibility index (Phi) is 6.97. The van der Waals surface area contributed by atoms with Crippen LogP contribution in [-0.4, -0.2) is 35.2 Å². The Labute approximate surface area is 181 Å². The standard InChI is InChI=1S/C24H26N4O3/c1-15(2)27-24(31)20-14-26-21-10-9-17(23(30)25-12-11-16(3)29)13-19(21)22(20)28-18-7-5-4-6-8-18/h4-10,13-15H,11-12H2,1-3H3,(H,25,30)(H,26,28)(H,27,31). The fourth-order valence-corrected chi connectivity index (χ4v) is 3.10. The van der Waals surface area contributed by atoms with E-state index in [-0.39, 0.29) is 36.6 Å². The van der Waals surface area contributed by atoms with Crippen molar-refractivity contribution in [1.82, 2.24) is 15.6 Å². The molecule has 0 atom stereocenters. The first-order valence-corrected chi connectivity index (χ1v) is 10.2. The highest BCUT2D eigenvalue weighted by atomic mass is 16.2. The van der Waals surface area contributed by atoms with Crippen LogP contribution in [0.15, 0.2) is 54.7 Å². The number of fused-ring (bicyclic) bond motifs is 1. The Bertz CT molecular complexity index is 1110. The number of ketones is 1. The summed E-state index contributed by atoms with van der Waals surface area (Å²) in [4.78, 5) is 40.9. The van der Waals surface area contributed by atoms with Gasteiger partial charge in [-0.15, -0.1) is 0 Å². The highest BCUT2D eigenvalue weighted by Crippen LogP contribution is 2.30. The number of hydrogen-bond donors (Lipinski definition) is 3. The fraction of sp³-hybridized carbons (Fsp3) is 0.250. The Morgan fingerprint density at radius 2 is 1.74 bits per heavy atom. The fourth-order valence-electron chi connectivity index (χ4n) is 3.10. The number of carbonyl (C=O) groups is 3. The molecule has 3 aromatic rings. The predicted molar refractivity (Wildman–Crippen MR) is 122 cm³/mol. The topological polar surface area (TPSA) is 100 Å². The van der Waals surface area contributed by atoms with Crippen molar-refractivity contribution in [2.45, 2.75) is 33.2 Å². The molecule has 0 unspecified atom stereocenters. The predicted octanol–water partition coefficient (Wildman–Crippen LogP) is 3.83. The van der Waals surface area contributed by atoms with Crippen LogP contribution < -0.4 is 16.0 Å². The molecule has 0 spiro atoms. The number of anilines is 2. The Balaban J connectivity index is 2.04. The Hall–Kier alpha value is -3.74. The molecule has 1 heterocycles. The van der Waals surface area contributed by atoms with Crippen molar-refractivity contribution < 1.29 is 14.4 Å². The molecule has 31 heavy (non-hydrogen) atoms. The van der Waals surface area contributed by atoms with E-state index in [1.165, 1.54) is 13.1 Å². The van der Waals surface area contributed by atoms with Gasteiger partial charge in [0.15, 0.2) is 0 Å². The first-order valence-electron chi connectivity index (χ1n) is 10.2. The number of para-hydroxylation sites is 1. The molecule has 0 bridgehead atoms. The lowest BCUT2D eigenvalue weighted by Crippen LogP contribution is -2.30. The van der Waals surface area contributed by atoms with Crippen LogP contribution in [0.3, 0.4) is 0 Å². The molecular weight excluding hydrogens is 392 g/mol. The number of hydrogen-bond acceptors (Lipinski definition) is 5. The Morgan fingerprint density at radius 1 is 1.00 bits per heavy atom. The maximum atomic E-state index is 12.8. The molecule has 160 valence electrons. The lowest BCUT2D eigenvalue weighted by molar-refractivity contribution is -0.116. The van der Waals surface area contributed by atoms with Gasteiger partial charge >= 0.3 is 0 Å². The average molecular weight is 418 g/mol. The van der Waals surface area contributed by atoms with Crippen molar-refractivity contribution in [2.24, 2.45) is 0 Å². The summed E-state index contributed by atoms with van der Waals surface area (Å²) in [5, 5.41) is 9.61. The molecule has 0 aliphatic rings. The third-order valence-electron chi connectivity index (χ3n) is 4.60. The molecule has 7 heteroatoms. The average Bonchev–Trinajstić information content (AvgIpc) is 2.73. The smallest absolute Gasteiger partial charge is 0.255 e. The molecule has 3 rings (SSSR count). The number of amides is 2. The molecule has 0 aliphatic carbocycles. The number of benzene rings is 2. The van der Waals surface area contributed by atoms with Crippen LogP contribution in [-0.2, 0) is 4.79 Å². The summed E-state index contributed by atoms with van der Waals surface area (Å²) >= 11 is 0. The van der Waals surface area contributed by atoms with Gasteiger partial charge in [-0.05, 0) is 51.1 Å². The number of nitrogens with one attached hydrogen (secondary N) is 3. The lowest BCUT2D eigenvalue weighted by atomic mass is 10.0. The SMILES string of the molecule is CC(=O)CCNC(=O)c1ccc2ncc(C(=O)NC(C)C)c(Nc3ccccc3)c2c1. The number of Topliss-reactive ketones (excluding diaryl/α,β-unsaturated/α-hetero) is 1. The molecule has 3 N–H and O–H groups in total. The second kappa shape index (κ2) is 9.84. The van der Waals surface area contributed by atoms with E-state index >= 15 is 0 Å². The summed E-state index contributed by atoms with van der Waals surface area (Å²) in [6.07, 6.45) is 1.82. The quantitative estimate of drug-likeness (QED) is 0.516. The lowest BCUT2D eigenvalue weighted by Gasteiger charge is -2.16. The van der Waals surface area contributed by atoms with Gasteiger partial charge < -0.3 is 16.0 Å². The van der Waals surface area contributed by atoms with Gasteiger partial charge in [0, 0.05) is 41.8 Å². The minimum atomic E-state index is -0.286. The first kappa shape index (κ1) is 22.0. The second-order valence-corrected chi connectivity index (χ2v) is 7.61. The minimum Gasteiger partial charge on any atom is -0.354 e. The van der Waals surface area contributed by atoms with E-state index in [4.69, 9.17) is 0 Å². The van der Waals surface area contributed by atoms with E-state index < -0.39 is 0 Å². The van der Waals surface area contributed by atoms with Crippen LogP contribution in [0.25, 0.3) is 10.9 Å². The zero-order chi connectivity index (χ0) is 22.4. The van der Waals surface area contributed by atoms with E-state index in [0.29, 0.717) is 27.7 Å². The molecule has 2 amide bonds. The van der Waals surface area contributed by atoms with Crippen LogP contribution in [0.4, 0.5) is 11.4 Å². The van der Waals surface area contributed by atoms with E-state index in [9.17, 15) is 14.4 Å². The molecule has 0 saturated carbocycles. The third kappa shape index (κ3) is 5.66. The van der Waals surface area contributed by atoms with Crippen LogP contribution in [0.1, 0.15) is 47.9 Å². The first-order chi connectivity index (χ1) is 14.8. The summed E-state index contributed by atoms with van der Waals surface area (Å²) in [5.41, 5.74) is 2.85. The highest BCUT2D eigenvalue weighted by Gasteiger charge is 2.18. The zero-order valence-electron chi connectivity index (χ0n) is 17.9. The van der Waals surface area contributed by atoms with E-state index in [1.54, 1.807) is 18.2 Å². The van der Waals surface area contributed by atoms with Gasteiger partial charge in [0.1, 0.15) is 5.78 Å². The van der Waals surface area contributed by atoms with Gasteiger partial charge in [0.2, 0.25) is 0 Å². The summed E-state index contributed by atoms with van der Waals surface area (Å²) in [6.45, 7) is 5.54. The largest absolute Gasteiger partial charge is 0.354 e. The molecule has 2 aromatic carbocycles. The van der Waals surface area contributed by atoms with Crippen molar-refractivity contribution in [3.8, 4) is 0 Å². The molecular formula is C24H26N4O3. The number of carbonyl (C=O) groups excluding carboxylic acids is 3. The molecule has 1 aromatic heterocycles. The molecule has 0 radical (unpaired) electrons. The van der Waals surface area contributed by atoms with Gasteiger partial charge in [0.05, 0.1) is 16.8 Å². The van der Waals surface area contributed by atoms with Crippen molar-refractivity contribution in [1.29, 1.82) is 0 Å². The summed E-state index contributed by atoms with van der Waals surface area (Å²) in [5.74, 6) is -0.525. The van der Waals surface area contributed by atoms with Crippen LogP contribution >= 0.6 is 0 Å². The van der Waals surface area contributed by atoms with Gasteiger partial charge in [-0.2, -0.15) is 0 Å². The Morgan fingerprint density at radius 3 is 2.42 bits per heavy atom. The minimum absolute atomic E-state index is 0.0122. The number of rotatable bonds is 8. The highest BCUT2D eigenvalue weighted by molar-refractivity contribution is 6.09. The maximum absolute atomic E-state index is 12.8.